The van der Waals surface area contributed by atoms with Crippen LogP contribution in [0.2, 0.25) is 0 Å². The molecular formula is C30H28OS. The summed E-state index contributed by atoms with van der Waals surface area (Å²) in [6.07, 6.45) is 2.63. The second-order valence-corrected chi connectivity index (χ2v) is 10.4. The Morgan fingerprint density at radius 2 is 1.44 bits per heavy atom. The Morgan fingerprint density at radius 1 is 0.781 bits per heavy atom. The van der Waals surface area contributed by atoms with Gasteiger partial charge in [0.2, 0.25) is 0 Å². The minimum atomic E-state index is -0.119. The third kappa shape index (κ3) is 3.67. The molecule has 2 heteroatoms. The number of unbranched alkanes of at least 4 members (excludes halogenated alkanes) is 1. The van der Waals surface area contributed by atoms with Crippen LogP contribution >= 0.6 is 11.8 Å². The molecule has 160 valence electrons. The van der Waals surface area contributed by atoms with Crippen molar-refractivity contribution in [1.29, 1.82) is 0 Å². The molecule has 4 aromatic carbocycles. The van der Waals surface area contributed by atoms with Crippen molar-refractivity contribution in [2.24, 2.45) is 0 Å². The van der Waals surface area contributed by atoms with Gasteiger partial charge in [-0.15, -0.1) is 0 Å². The number of hydrogen-bond acceptors (Lipinski definition) is 2. The first-order chi connectivity index (χ1) is 15.5. The fourth-order valence-electron chi connectivity index (χ4n) is 4.80. The van der Waals surface area contributed by atoms with E-state index in [0.717, 1.165) is 18.4 Å². The van der Waals surface area contributed by atoms with E-state index in [4.69, 9.17) is 0 Å². The second-order valence-electron chi connectivity index (χ2n) is 9.23. The highest BCUT2D eigenvalue weighted by atomic mass is 32.2. The number of ketones is 1. The summed E-state index contributed by atoms with van der Waals surface area (Å²) in [6, 6.07) is 28.3. The molecule has 5 rings (SSSR count). The van der Waals surface area contributed by atoms with Gasteiger partial charge < -0.3 is 0 Å². The highest BCUT2D eigenvalue weighted by Gasteiger charge is 2.36. The summed E-state index contributed by atoms with van der Waals surface area (Å²) < 4.78 is 0. The molecular weight excluding hydrogens is 408 g/mol. The number of Topliss-reactive ketones (excluding diaryl/α,β-unsaturated/α-hetero) is 1. The first kappa shape index (κ1) is 21.0. The first-order valence-corrected chi connectivity index (χ1v) is 12.3. The van der Waals surface area contributed by atoms with Gasteiger partial charge >= 0.3 is 0 Å². The van der Waals surface area contributed by atoms with Crippen molar-refractivity contribution >= 4 is 28.3 Å². The molecule has 0 spiro atoms. The third-order valence-electron chi connectivity index (χ3n) is 6.68. The Morgan fingerprint density at radius 3 is 2.22 bits per heavy atom. The van der Waals surface area contributed by atoms with Crippen LogP contribution in [0.3, 0.4) is 0 Å². The van der Waals surface area contributed by atoms with Gasteiger partial charge in [-0.25, -0.2) is 0 Å². The van der Waals surface area contributed by atoms with Gasteiger partial charge in [-0.3, -0.25) is 4.79 Å². The maximum Gasteiger partial charge on any atom is 0.162 e. The maximum atomic E-state index is 12.6. The first-order valence-electron chi connectivity index (χ1n) is 11.5. The van der Waals surface area contributed by atoms with E-state index < -0.39 is 0 Å². The average molecular weight is 437 g/mol. The molecule has 0 N–H and O–H groups in total. The Bertz CT molecular complexity index is 1330. The van der Waals surface area contributed by atoms with E-state index in [-0.39, 0.29) is 11.2 Å². The molecule has 0 fully saturated rings. The largest absolute Gasteiger partial charge is 0.294 e. The molecule has 0 amide bonds. The van der Waals surface area contributed by atoms with E-state index in [1.165, 1.54) is 42.8 Å². The number of benzene rings is 4. The van der Waals surface area contributed by atoms with Gasteiger partial charge in [0.1, 0.15) is 0 Å². The van der Waals surface area contributed by atoms with Gasteiger partial charge in [0, 0.05) is 27.2 Å². The molecule has 1 aliphatic rings. The summed E-state index contributed by atoms with van der Waals surface area (Å²) in [7, 11) is 0. The van der Waals surface area contributed by atoms with Crippen LogP contribution in [0, 0.1) is 0 Å². The lowest BCUT2D eigenvalue weighted by molar-refractivity contribution is 0.0979. The number of carbonyl (C=O) groups is 1. The molecule has 0 aromatic heterocycles. The highest BCUT2D eigenvalue weighted by molar-refractivity contribution is 7.99. The van der Waals surface area contributed by atoms with E-state index in [9.17, 15) is 4.79 Å². The Hall–Kier alpha value is -2.84. The second kappa shape index (κ2) is 8.26. The van der Waals surface area contributed by atoms with Crippen molar-refractivity contribution in [3.63, 3.8) is 0 Å². The van der Waals surface area contributed by atoms with Crippen LogP contribution < -0.4 is 0 Å². The molecule has 32 heavy (non-hydrogen) atoms. The highest BCUT2D eigenvalue weighted by Crippen LogP contribution is 2.50. The number of rotatable bonds is 6. The molecule has 4 aromatic rings. The van der Waals surface area contributed by atoms with E-state index in [0.29, 0.717) is 6.42 Å². The number of carbonyl (C=O) groups excluding carboxylic acids is 1. The van der Waals surface area contributed by atoms with Crippen LogP contribution in [0.5, 0.6) is 0 Å². The summed E-state index contributed by atoms with van der Waals surface area (Å²) in [5, 5.41) is 2.54. The Kier molecular flexibility index (Phi) is 5.43. The van der Waals surface area contributed by atoms with E-state index in [1.807, 2.05) is 17.8 Å². The molecule has 1 aliphatic carbocycles. The average Bonchev–Trinajstić information content (AvgIpc) is 3.03. The van der Waals surface area contributed by atoms with Crippen LogP contribution in [0.15, 0.2) is 88.7 Å². The predicted molar refractivity (Wildman–Crippen MR) is 136 cm³/mol. The zero-order valence-electron chi connectivity index (χ0n) is 18.9. The smallest absolute Gasteiger partial charge is 0.162 e. The van der Waals surface area contributed by atoms with E-state index in [1.54, 1.807) is 0 Å². The fraction of sp³-hybridized carbons (Fsp3) is 0.233. The van der Waals surface area contributed by atoms with Gasteiger partial charge in [0.05, 0.1) is 0 Å². The van der Waals surface area contributed by atoms with Crippen LogP contribution in [-0.4, -0.2) is 5.78 Å². The lowest BCUT2D eigenvalue weighted by Gasteiger charge is -2.22. The summed E-state index contributed by atoms with van der Waals surface area (Å²) in [4.78, 5) is 15.1. The molecule has 0 heterocycles. The maximum absolute atomic E-state index is 12.6. The van der Waals surface area contributed by atoms with Crippen molar-refractivity contribution in [1.82, 2.24) is 0 Å². The summed E-state index contributed by atoms with van der Waals surface area (Å²) >= 11 is 1.81. The zero-order valence-corrected chi connectivity index (χ0v) is 19.8. The molecule has 0 unspecified atom stereocenters. The van der Waals surface area contributed by atoms with Gasteiger partial charge in [0.15, 0.2) is 5.78 Å². The molecule has 1 nitrogen and oxygen atoms in total. The SMILES string of the molecule is CCCCC(=O)c1ccc2c(c1)C(C)(C)c1cc(Sc3ccc4ccccc4c3)ccc1-2. The van der Waals surface area contributed by atoms with Crippen molar-refractivity contribution in [2.45, 2.75) is 55.2 Å². The standard InChI is InChI=1S/C30H28OS/c1-4-5-10-29(31)22-12-15-25-26-16-14-24(19-28(26)30(2,3)27(25)18-22)32-23-13-11-20-8-6-7-9-21(20)17-23/h6-9,11-19H,4-5,10H2,1-3H3. The van der Waals surface area contributed by atoms with Crippen LogP contribution in [-0.2, 0) is 5.41 Å². The minimum absolute atomic E-state index is 0.119. The topological polar surface area (TPSA) is 17.1 Å². The van der Waals surface area contributed by atoms with Gasteiger partial charge in [-0.1, -0.05) is 87.5 Å². The minimum Gasteiger partial charge on any atom is -0.294 e. The van der Waals surface area contributed by atoms with Crippen molar-refractivity contribution in [3.8, 4) is 11.1 Å². The summed E-state index contributed by atoms with van der Waals surface area (Å²) in [5.41, 5.74) is 5.90. The van der Waals surface area contributed by atoms with Crippen LogP contribution in [0.1, 0.15) is 61.5 Å². The quantitative estimate of drug-likeness (QED) is 0.281. The van der Waals surface area contributed by atoms with Gasteiger partial charge in [-0.05, 0) is 69.8 Å². The van der Waals surface area contributed by atoms with Crippen molar-refractivity contribution < 1.29 is 4.79 Å². The zero-order chi connectivity index (χ0) is 22.3. The fourth-order valence-corrected chi connectivity index (χ4v) is 5.71. The third-order valence-corrected chi connectivity index (χ3v) is 7.66. The molecule has 0 saturated heterocycles. The molecule has 0 aliphatic heterocycles. The summed E-state index contributed by atoms with van der Waals surface area (Å²) in [6.45, 7) is 6.69. The number of hydrogen-bond donors (Lipinski definition) is 0. The van der Waals surface area contributed by atoms with Crippen LogP contribution in [0.4, 0.5) is 0 Å². The normalized spacial score (nSPS) is 13.7. The molecule has 0 atom stereocenters. The van der Waals surface area contributed by atoms with Crippen LogP contribution in [0.25, 0.3) is 21.9 Å². The van der Waals surface area contributed by atoms with E-state index in [2.05, 4.69) is 93.6 Å². The predicted octanol–water partition coefficient (Wildman–Crippen LogP) is 8.67. The van der Waals surface area contributed by atoms with Crippen molar-refractivity contribution in [2.75, 3.05) is 0 Å². The monoisotopic (exact) mass is 436 g/mol. The summed E-state index contributed by atoms with van der Waals surface area (Å²) in [5.74, 6) is 0.258. The molecule has 0 saturated carbocycles. The Labute approximate surface area is 194 Å². The van der Waals surface area contributed by atoms with E-state index >= 15 is 0 Å². The van der Waals surface area contributed by atoms with Gasteiger partial charge in [-0.2, -0.15) is 0 Å². The lowest BCUT2D eigenvalue weighted by Crippen LogP contribution is -2.16. The number of fused-ring (bicyclic) bond motifs is 4. The Balaban J connectivity index is 1.47. The molecule has 0 radical (unpaired) electrons. The molecule has 0 bridgehead atoms. The lowest BCUT2D eigenvalue weighted by atomic mass is 9.81. The van der Waals surface area contributed by atoms with Gasteiger partial charge in [0.25, 0.3) is 0 Å². The van der Waals surface area contributed by atoms with Crippen molar-refractivity contribution in [3.05, 3.63) is 95.6 Å².